The molecule has 2 saturated heterocycles. The number of piperidine rings is 1. The van der Waals surface area contributed by atoms with Crippen LogP contribution >= 0.6 is 0 Å². The van der Waals surface area contributed by atoms with Gasteiger partial charge in [-0.25, -0.2) is 0 Å². The Hall–Kier alpha value is -0.900. The predicted octanol–water partition coefficient (Wildman–Crippen LogP) is 1.85. The van der Waals surface area contributed by atoms with Crippen LogP contribution in [0, 0.1) is 0 Å². The van der Waals surface area contributed by atoms with Gasteiger partial charge < -0.3 is 10.4 Å². The van der Waals surface area contributed by atoms with Crippen molar-refractivity contribution in [1.29, 1.82) is 0 Å². The molecule has 0 spiro atoms. The smallest absolute Gasteiger partial charge is 0.0920 e. The minimum atomic E-state index is -0.614. The van der Waals surface area contributed by atoms with E-state index in [2.05, 4.69) is 34.5 Å². The van der Waals surface area contributed by atoms with Crippen LogP contribution in [-0.2, 0) is 12.1 Å². The van der Waals surface area contributed by atoms with Crippen LogP contribution in [0.25, 0.3) is 0 Å². The Morgan fingerprint density at radius 3 is 2.32 bits per heavy atom. The summed E-state index contributed by atoms with van der Waals surface area (Å²) in [4.78, 5) is 2.51. The maximum atomic E-state index is 10.7. The zero-order valence-corrected chi connectivity index (χ0v) is 11.6. The molecule has 0 unspecified atom stereocenters. The minimum Gasteiger partial charge on any atom is -0.385 e. The lowest BCUT2D eigenvalue weighted by Gasteiger charge is -2.33. The molecule has 0 saturated carbocycles. The van der Waals surface area contributed by atoms with Crippen LogP contribution in [0.4, 0.5) is 0 Å². The summed E-state index contributed by atoms with van der Waals surface area (Å²) in [5.74, 6) is 0. The number of hydrogen-bond acceptors (Lipinski definition) is 3. The van der Waals surface area contributed by atoms with Crippen molar-refractivity contribution in [1.82, 2.24) is 10.2 Å². The van der Waals surface area contributed by atoms with Crippen LogP contribution in [0.2, 0.25) is 0 Å². The van der Waals surface area contributed by atoms with Crippen molar-refractivity contribution in [2.24, 2.45) is 0 Å². The molecule has 2 heterocycles. The molecule has 0 atom stereocenters. The molecule has 1 aromatic carbocycles. The van der Waals surface area contributed by atoms with Gasteiger partial charge in [0.25, 0.3) is 0 Å². The van der Waals surface area contributed by atoms with Gasteiger partial charge in [0.15, 0.2) is 0 Å². The molecule has 2 aliphatic rings. The van der Waals surface area contributed by atoms with E-state index in [4.69, 9.17) is 0 Å². The van der Waals surface area contributed by atoms with E-state index in [1.54, 1.807) is 0 Å². The van der Waals surface area contributed by atoms with Gasteiger partial charge in [-0.3, -0.25) is 4.90 Å². The second-order valence-corrected chi connectivity index (χ2v) is 5.96. The van der Waals surface area contributed by atoms with E-state index in [1.165, 1.54) is 31.5 Å². The first kappa shape index (κ1) is 13.1. The minimum absolute atomic E-state index is 0.614. The van der Waals surface area contributed by atoms with Crippen molar-refractivity contribution in [3.05, 3.63) is 35.4 Å². The van der Waals surface area contributed by atoms with Crippen LogP contribution in [0.5, 0.6) is 0 Å². The Balaban J connectivity index is 1.67. The standard InChI is InChI=1S/C16H24N2O/c19-16(7-9-17-10-8-16)15-5-3-14(4-6-15)13-18-11-1-2-12-18/h3-6,17,19H,1-2,7-13H2. The highest BCUT2D eigenvalue weighted by Crippen LogP contribution is 2.30. The normalized spacial score (nSPS) is 23.6. The van der Waals surface area contributed by atoms with E-state index in [0.717, 1.165) is 38.0 Å². The molecule has 3 heteroatoms. The van der Waals surface area contributed by atoms with Crippen LogP contribution in [0.15, 0.2) is 24.3 Å². The monoisotopic (exact) mass is 260 g/mol. The average Bonchev–Trinajstić information content (AvgIpc) is 2.93. The van der Waals surface area contributed by atoms with E-state index >= 15 is 0 Å². The Kier molecular flexibility index (Phi) is 3.87. The average molecular weight is 260 g/mol. The summed E-state index contributed by atoms with van der Waals surface area (Å²) in [6, 6.07) is 8.62. The molecule has 2 fully saturated rings. The highest BCUT2D eigenvalue weighted by Gasteiger charge is 2.30. The fourth-order valence-electron chi connectivity index (χ4n) is 3.25. The summed E-state index contributed by atoms with van der Waals surface area (Å²) in [5, 5.41) is 14.0. The highest BCUT2D eigenvalue weighted by atomic mass is 16.3. The lowest BCUT2D eigenvalue weighted by atomic mass is 9.85. The van der Waals surface area contributed by atoms with Gasteiger partial charge in [0, 0.05) is 6.54 Å². The Morgan fingerprint density at radius 2 is 1.68 bits per heavy atom. The van der Waals surface area contributed by atoms with Crippen molar-refractivity contribution in [3.8, 4) is 0 Å². The second-order valence-electron chi connectivity index (χ2n) is 5.96. The first-order valence-electron chi connectivity index (χ1n) is 7.51. The van der Waals surface area contributed by atoms with Crippen LogP contribution < -0.4 is 5.32 Å². The molecule has 0 radical (unpaired) electrons. The van der Waals surface area contributed by atoms with Gasteiger partial charge >= 0.3 is 0 Å². The summed E-state index contributed by atoms with van der Waals surface area (Å²) in [6.07, 6.45) is 4.31. The van der Waals surface area contributed by atoms with Crippen LogP contribution in [-0.4, -0.2) is 36.2 Å². The van der Waals surface area contributed by atoms with Gasteiger partial charge in [-0.2, -0.15) is 0 Å². The molecule has 104 valence electrons. The Morgan fingerprint density at radius 1 is 1.05 bits per heavy atom. The van der Waals surface area contributed by atoms with Gasteiger partial charge in [0.2, 0.25) is 0 Å². The Labute approximate surface area is 115 Å². The van der Waals surface area contributed by atoms with Crippen molar-refractivity contribution < 1.29 is 5.11 Å². The number of rotatable bonds is 3. The summed E-state index contributed by atoms with van der Waals surface area (Å²) >= 11 is 0. The summed E-state index contributed by atoms with van der Waals surface area (Å²) < 4.78 is 0. The van der Waals surface area contributed by atoms with E-state index < -0.39 is 5.60 Å². The summed E-state index contributed by atoms with van der Waals surface area (Å²) in [7, 11) is 0. The molecular formula is C16H24N2O. The Bertz CT molecular complexity index is 403. The zero-order chi connectivity index (χ0) is 13.1. The topological polar surface area (TPSA) is 35.5 Å². The van der Waals surface area contributed by atoms with Crippen molar-refractivity contribution >= 4 is 0 Å². The summed E-state index contributed by atoms with van der Waals surface area (Å²) in [5.41, 5.74) is 1.83. The third-order valence-electron chi connectivity index (χ3n) is 4.53. The molecule has 2 aliphatic heterocycles. The number of likely N-dealkylation sites (tertiary alicyclic amines) is 1. The van der Waals surface area contributed by atoms with Gasteiger partial charge in [-0.15, -0.1) is 0 Å². The predicted molar refractivity (Wildman–Crippen MR) is 77.0 cm³/mol. The molecule has 0 bridgehead atoms. The van der Waals surface area contributed by atoms with E-state index in [1.807, 2.05) is 0 Å². The SMILES string of the molecule is OC1(c2ccc(CN3CCCC3)cc2)CCNCC1. The molecule has 1 aromatic rings. The van der Waals surface area contributed by atoms with Crippen molar-refractivity contribution in [2.45, 2.75) is 37.8 Å². The molecule has 2 N–H and O–H groups in total. The molecule has 19 heavy (non-hydrogen) atoms. The van der Waals surface area contributed by atoms with Gasteiger partial charge in [0.05, 0.1) is 5.60 Å². The second kappa shape index (κ2) is 5.61. The van der Waals surface area contributed by atoms with Gasteiger partial charge in [-0.05, 0) is 63.0 Å². The molecule has 0 amide bonds. The number of hydrogen-bond donors (Lipinski definition) is 2. The third kappa shape index (κ3) is 2.99. The molecule has 0 aromatic heterocycles. The van der Waals surface area contributed by atoms with Gasteiger partial charge in [-0.1, -0.05) is 24.3 Å². The summed E-state index contributed by atoms with van der Waals surface area (Å²) in [6.45, 7) is 5.34. The van der Waals surface area contributed by atoms with Crippen LogP contribution in [0.3, 0.4) is 0 Å². The largest absolute Gasteiger partial charge is 0.385 e. The van der Waals surface area contributed by atoms with Crippen molar-refractivity contribution in [2.75, 3.05) is 26.2 Å². The number of aliphatic hydroxyl groups is 1. The molecule has 0 aliphatic carbocycles. The van der Waals surface area contributed by atoms with E-state index in [-0.39, 0.29) is 0 Å². The number of nitrogens with zero attached hydrogens (tertiary/aromatic N) is 1. The van der Waals surface area contributed by atoms with Crippen LogP contribution in [0.1, 0.15) is 36.8 Å². The number of benzene rings is 1. The third-order valence-corrected chi connectivity index (χ3v) is 4.53. The highest BCUT2D eigenvalue weighted by molar-refractivity contribution is 5.27. The van der Waals surface area contributed by atoms with E-state index in [9.17, 15) is 5.11 Å². The number of nitrogens with one attached hydrogen (secondary N) is 1. The maximum absolute atomic E-state index is 10.7. The first-order valence-corrected chi connectivity index (χ1v) is 7.51. The zero-order valence-electron chi connectivity index (χ0n) is 11.6. The first-order chi connectivity index (χ1) is 9.26. The fraction of sp³-hybridized carbons (Fsp3) is 0.625. The lowest BCUT2D eigenvalue weighted by molar-refractivity contribution is 0.00592. The maximum Gasteiger partial charge on any atom is 0.0920 e. The van der Waals surface area contributed by atoms with E-state index in [0.29, 0.717) is 0 Å². The fourth-order valence-corrected chi connectivity index (χ4v) is 3.25. The van der Waals surface area contributed by atoms with Gasteiger partial charge in [0.1, 0.15) is 0 Å². The molecular weight excluding hydrogens is 236 g/mol. The molecule has 3 nitrogen and oxygen atoms in total. The molecule has 3 rings (SSSR count). The quantitative estimate of drug-likeness (QED) is 0.870. The van der Waals surface area contributed by atoms with Crippen molar-refractivity contribution in [3.63, 3.8) is 0 Å². The lowest BCUT2D eigenvalue weighted by Crippen LogP contribution is -2.39.